The third-order valence-corrected chi connectivity index (χ3v) is 2.65. The first-order chi connectivity index (χ1) is 8.61. The maximum Gasteiger partial charge on any atom is 0.337 e. The minimum atomic E-state index is -1.07. The highest BCUT2D eigenvalue weighted by molar-refractivity contribution is 5.89. The third kappa shape index (κ3) is 2.33. The number of aromatic nitrogens is 1. The number of carbonyl (C=O) groups is 1. The molecule has 18 heavy (non-hydrogen) atoms. The van der Waals surface area contributed by atoms with Crippen molar-refractivity contribution in [2.45, 2.75) is 6.10 Å². The van der Waals surface area contributed by atoms with Gasteiger partial charge in [0.25, 0.3) is 0 Å². The van der Waals surface area contributed by atoms with Crippen LogP contribution < -0.4 is 10.6 Å². The van der Waals surface area contributed by atoms with Crippen molar-refractivity contribution in [1.82, 2.24) is 4.98 Å². The molecule has 2 rings (SSSR count). The molecule has 0 radical (unpaired) electrons. The summed E-state index contributed by atoms with van der Waals surface area (Å²) in [4.78, 5) is 16.6. The quantitative estimate of drug-likeness (QED) is 0.762. The van der Waals surface area contributed by atoms with E-state index in [9.17, 15) is 4.79 Å². The molecule has 1 fully saturated rings. The second kappa shape index (κ2) is 4.89. The van der Waals surface area contributed by atoms with Gasteiger partial charge in [-0.3, -0.25) is 0 Å². The molecule has 1 aliphatic rings. The summed E-state index contributed by atoms with van der Waals surface area (Å²) in [7, 11) is 0. The zero-order chi connectivity index (χ0) is 13.1. The minimum Gasteiger partial charge on any atom is -0.478 e. The fourth-order valence-electron chi connectivity index (χ4n) is 1.78. The Bertz CT molecular complexity index is 512. The van der Waals surface area contributed by atoms with E-state index >= 15 is 0 Å². The standard InChI is InChI=1S/C11H12N4O3/c12-4-8-6-15(1-2-18-8)10-9(13)3-7(5-14-10)11(16)17/h3,5,8H,1-2,6,13H2,(H,16,17). The number of carboxylic acid groups (broad SMARTS) is 1. The number of nitriles is 1. The van der Waals surface area contributed by atoms with Gasteiger partial charge in [0.05, 0.1) is 30.5 Å². The van der Waals surface area contributed by atoms with Crippen molar-refractivity contribution < 1.29 is 14.6 Å². The van der Waals surface area contributed by atoms with Gasteiger partial charge in [-0.15, -0.1) is 0 Å². The van der Waals surface area contributed by atoms with Crippen LogP contribution in [0.2, 0.25) is 0 Å². The maximum absolute atomic E-state index is 10.8. The molecule has 0 spiro atoms. The normalized spacial score (nSPS) is 19.3. The lowest BCUT2D eigenvalue weighted by Gasteiger charge is -2.31. The first-order valence-electron chi connectivity index (χ1n) is 5.37. The van der Waals surface area contributed by atoms with Crippen LogP contribution in [0, 0.1) is 11.3 Å². The molecule has 7 nitrogen and oxygen atoms in total. The van der Waals surface area contributed by atoms with Crippen LogP contribution in [0.5, 0.6) is 0 Å². The molecule has 94 valence electrons. The van der Waals surface area contributed by atoms with E-state index in [4.69, 9.17) is 20.8 Å². The molecule has 3 N–H and O–H groups in total. The number of nitrogens with two attached hydrogens (primary N) is 1. The monoisotopic (exact) mass is 248 g/mol. The third-order valence-electron chi connectivity index (χ3n) is 2.65. The predicted molar refractivity (Wildman–Crippen MR) is 63.2 cm³/mol. The average Bonchev–Trinajstić information content (AvgIpc) is 2.38. The Kier molecular flexibility index (Phi) is 3.30. The molecular formula is C11H12N4O3. The zero-order valence-corrected chi connectivity index (χ0v) is 9.54. The lowest BCUT2D eigenvalue weighted by atomic mass is 10.2. The molecule has 0 aliphatic carbocycles. The number of hydrogen-bond donors (Lipinski definition) is 2. The number of carboxylic acids is 1. The molecule has 1 aliphatic heterocycles. The Hall–Kier alpha value is -2.33. The predicted octanol–water partition coefficient (Wildman–Crippen LogP) is 0.0908. The number of nitrogens with zero attached hydrogens (tertiary/aromatic N) is 3. The Morgan fingerprint density at radius 3 is 3.11 bits per heavy atom. The maximum atomic E-state index is 10.8. The molecule has 0 aromatic carbocycles. The first kappa shape index (κ1) is 12.1. The number of aromatic carboxylic acids is 1. The van der Waals surface area contributed by atoms with Crippen LogP contribution in [0.25, 0.3) is 0 Å². The zero-order valence-electron chi connectivity index (χ0n) is 9.54. The number of morpholine rings is 1. The number of pyridine rings is 1. The lowest BCUT2D eigenvalue weighted by Crippen LogP contribution is -2.42. The van der Waals surface area contributed by atoms with Crippen LogP contribution in [-0.4, -0.2) is 41.9 Å². The van der Waals surface area contributed by atoms with Crippen molar-refractivity contribution in [3.63, 3.8) is 0 Å². The van der Waals surface area contributed by atoms with Crippen LogP contribution in [0.3, 0.4) is 0 Å². The number of anilines is 2. The van der Waals surface area contributed by atoms with Gasteiger partial charge in [0, 0.05) is 12.7 Å². The van der Waals surface area contributed by atoms with E-state index in [0.29, 0.717) is 25.5 Å². The molecule has 1 aromatic heterocycles. The fourth-order valence-corrected chi connectivity index (χ4v) is 1.78. The van der Waals surface area contributed by atoms with Crippen molar-refractivity contribution in [1.29, 1.82) is 5.26 Å². The molecule has 0 bridgehead atoms. The van der Waals surface area contributed by atoms with Crippen molar-refractivity contribution >= 4 is 17.5 Å². The highest BCUT2D eigenvalue weighted by Gasteiger charge is 2.22. The lowest BCUT2D eigenvalue weighted by molar-refractivity contribution is 0.0695. The van der Waals surface area contributed by atoms with Crippen molar-refractivity contribution in [3.8, 4) is 6.07 Å². The second-order valence-corrected chi connectivity index (χ2v) is 3.88. The Morgan fingerprint density at radius 1 is 1.72 bits per heavy atom. The van der Waals surface area contributed by atoms with E-state index in [1.165, 1.54) is 12.3 Å². The SMILES string of the molecule is N#CC1CN(c2ncc(C(=O)O)cc2N)CCO1. The van der Waals surface area contributed by atoms with Crippen molar-refractivity contribution in [2.75, 3.05) is 30.3 Å². The summed E-state index contributed by atoms with van der Waals surface area (Å²) in [6.07, 6.45) is 0.740. The molecule has 0 saturated carbocycles. The number of nitrogen functional groups attached to an aromatic ring is 1. The fraction of sp³-hybridized carbons (Fsp3) is 0.364. The largest absolute Gasteiger partial charge is 0.478 e. The van der Waals surface area contributed by atoms with Crippen molar-refractivity contribution in [2.24, 2.45) is 0 Å². The smallest absolute Gasteiger partial charge is 0.337 e. The average molecular weight is 248 g/mol. The van der Waals surface area contributed by atoms with Crippen molar-refractivity contribution in [3.05, 3.63) is 17.8 Å². The van der Waals surface area contributed by atoms with E-state index < -0.39 is 12.1 Å². The van der Waals surface area contributed by atoms with Crippen LogP contribution >= 0.6 is 0 Å². The topological polar surface area (TPSA) is 112 Å². The summed E-state index contributed by atoms with van der Waals surface area (Å²) in [5.74, 6) is -0.582. The Balaban J connectivity index is 2.23. The van der Waals surface area contributed by atoms with Gasteiger partial charge in [-0.1, -0.05) is 0 Å². The summed E-state index contributed by atoms with van der Waals surface area (Å²) < 4.78 is 5.22. The highest BCUT2D eigenvalue weighted by atomic mass is 16.5. The van der Waals surface area contributed by atoms with Gasteiger partial charge in [-0.05, 0) is 6.07 Å². The van der Waals surface area contributed by atoms with Crippen LogP contribution in [0.1, 0.15) is 10.4 Å². The van der Waals surface area contributed by atoms with E-state index in [0.717, 1.165) is 0 Å². The van der Waals surface area contributed by atoms with E-state index in [1.807, 2.05) is 11.0 Å². The summed E-state index contributed by atoms with van der Waals surface area (Å²) in [5.41, 5.74) is 6.11. The Labute approximate surface area is 103 Å². The molecule has 1 aromatic rings. The number of hydrogen-bond acceptors (Lipinski definition) is 6. The van der Waals surface area contributed by atoms with Gasteiger partial charge in [0.2, 0.25) is 0 Å². The van der Waals surface area contributed by atoms with Gasteiger partial charge in [-0.2, -0.15) is 5.26 Å². The van der Waals surface area contributed by atoms with Gasteiger partial charge >= 0.3 is 5.97 Å². The Morgan fingerprint density at radius 2 is 2.50 bits per heavy atom. The van der Waals surface area contributed by atoms with Crippen LogP contribution in [0.4, 0.5) is 11.5 Å². The molecule has 0 amide bonds. The first-order valence-corrected chi connectivity index (χ1v) is 5.37. The van der Waals surface area contributed by atoms with E-state index in [-0.39, 0.29) is 11.3 Å². The number of rotatable bonds is 2. The van der Waals surface area contributed by atoms with Gasteiger partial charge in [0.1, 0.15) is 0 Å². The van der Waals surface area contributed by atoms with E-state index in [2.05, 4.69) is 4.98 Å². The molecule has 7 heteroatoms. The molecule has 2 heterocycles. The van der Waals surface area contributed by atoms with Crippen LogP contribution in [-0.2, 0) is 4.74 Å². The molecule has 1 unspecified atom stereocenters. The summed E-state index contributed by atoms with van der Waals surface area (Å²) in [6, 6.07) is 3.39. The van der Waals surface area contributed by atoms with Gasteiger partial charge in [-0.25, -0.2) is 9.78 Å². The summed E-state index contributed by atoms with van der Waals surface area (Å²) >= 11 is 0. The molecule has 1 atom stereocenters. The number of ether oxygens (including phenoxy) is 1. The molecule has 1 saturated heterocycles. The highest BCUT2D eigenvalue weighted by Crippen LogP contribution is 2.23. The van der Waals surface area contributed by atoms with E-state index in [1.54, 1.807) is 0 Å². The summed E-state index contributed by atoms with van der Waals surface area (Å²) in [5, 5.41) is 17.6. The second-order valence-electron chi connectivity index (χ2n) is 3.88. The minimum absolute atomic E-state index is 0.0429. The van der Waals surface area contributed by atoms with Gasteiger partial charge < -0.3 is 20.5 Å². The summed E-state index contributed by atoms with van der Waals surface area (Å²) in [6.45, 7) is 1.36. The van der Waals surface area contributed by atoms with Gasteiger partial charge in [0.15, 0.2) is 11.9 Å². The molecular weight excluding hydrogens is 236 g/mol. The van der Waals surface area contributed by atoms with Crippen LogP contribution in [0.15, 0.2) is 12.3 Å².